The minimum Gasteiger partial charge on any atom is -0.357 e. The number of carbonyl (C=O) groups is 2. The second kappa shape index (κ2) is 9.60. The van der Waals surface area contributed by atoms with Gasteiger partial charge >= 0.3 is 0 Å². The lowest BCUT2D eigenvalue weighted by molar-refractivity contribution is -0.139. The fraction of sp³-hybridized carbons (Fsp3) is 0.300. The Balaban J connectivity index is 2.19. The van der Waals surface area contributed by atoms with Crippen LogP contribution >= 0.6 is 23.2 Å². The molecule has 4 nitrogen and oxygen atoms in total. The second-order valence-corrected chi connectivity index (χ2v) is 6.80. The van der Waals surface area contributed by atoms with Gasteiger partial charge in [-0.1, -0.05) is 59.6 Å². The highest BCUT2D eigenvalue weighted by Gasteiger charge is 2.26. The Kier molecular flexibility index (Phi) is 7.49. The van der Waals surface area contributed by atoms with Crippen molar-refractivity contribution in [2.45, 2.75) is 25.8 Å². The summed E-state index contributed by atoms with van der Waals surface area (Å²) in [5.74, 6) is -0.399. The molecule has 0 aliphatic rings. The van der Waals surface area contributed by atoms with Crippen LogP contribution in [0, 0.1) is 0 Å². The normalized spacial score (nSPS) is 11.7. The molecule has 1 atom stereocenters. The second-order valence-electron chi connectivity index (χ2n) is 5.99. The lowest BCUT2D eigenvalue weighted by atomic mass is 10.1. The molecule has 0 aliphatic carbocycles. The van der Waals surface area contributed by atoms with E-state index >= 15 is 0 Å². The molecular weight excluding hydrogens is 371 g/mol. The maximum absolute atomic E-state index is 12.9. The molecule has 1 unspecified atom stereocenters. The van der Waals surface area contributed by atoms with E-state index in [9.17, 15) is 9.59 Å². The minimum absolute atomic E-state index is 0.0502. The maximum Gasteiger partial charge on any atom is 0.242 e. The van der Waals surface area contributed by atoms with Crippen LogP contribution in [0.3, 0.4) is 0 Å². The van der Waals surface area contributed by atoms with E-state index in [-0.39, 0.29) is 18.2 Å². The molecule has 0 radical (unpaired) electrons. The molecule has 0 spiro atoms. The van der Waals surface area contributed by atoms with Crippen LogP contribution in [0.2, 0.25) is 10.0 Å². The van der Waals surface area contributed by atoms with Crippen LogP contribution in [-0.2, 0) is 22.4 Å². The Morgan fingerprint density at radius 1 is 1.04 bits per heavy atom. The van der Waals surface area contributed by atoms with Crippen LogP contribution in [-0.4, -0.2) is 36.3 Å². The highest BCUT2D eigenvalue weighted by Crippen LogP contribution is 2.25. The maximum atomic E-state index is 12.9. The molecule has 2 aromatic carbocycles. The first-order chi connectivity index (χ1) is 12.4. The van der Waals surface area contributed by atoms with E-state index in [0.717, 1.165) is 5.56 Å². The van der Waals surface area contributed by atoms with Gasteiger partial charge in [-0.25, -0.2) is 0 Å². The Hall–Kier alpha value is -2.04. The van der Waals surface area contributed by atoms with Crippen LogP contribution in [0.4, 0.5) is 0 Å². The van der Waals surface area contributed by atoms with Gasteiger partial charge in [-0.05, 0) is 36.6 Å². The molecule has 138 valence electrons. The summed E-state index contributed by atoms with van der Waals surface area (Å²) in [6, 6.07) is 14.4. The summed E-state index contributed by atoms with van der Waals surface area (Å²) in [4.78, 5) is 26.6. The highest BCUT2D eigenvalue weighted by atomic mass is 35.5. The molecule has 26 heavy (non-hydrogen) atoms. The summed E-state index contributed by atoms with van der Waals surface area (Å²) in [7, 11) is 1.56. The van der Waals surface area contributed by atoms with Gasteiger partial charge in [0.05, 0.1) is 6.42 Å². The van der Waals surface area contributed by atoms with Gasteiger partial charge in [0.15, 0.2) is 0 Å². The van der Waals surface area contributed by atoms with Crippen LogP contribution < -0.4 is 5.32 Å². The number of hydrogen-bond acceptors (Lipinski definition) is 2. The zero-order valence-corrected chi connectivity index (χ0v) is 16.3. The number of amides is 2. The van der Waals surface area contributed by atoms with Crippen molar-refractivity contribution < 1.29 is 9.59 Å². The van der Waals surface area contributed by atoms with E-state index in [0.29, 0.717) is 28.6 Å². The van der Waals surface area contributed by atoms with E-state index in [1.54, 1.807) is 37.1 Å². The van der Waals surface area contributed by atoms with Crippen molar-refractivity contribution in [2.75, 3.05) is 13.6 Å². The van der Waals surface area contributed by atoms with E-state index in [4.69, 9.17) is 23.2 Å². The molecule has 0 saturated heterocycles. The first-order valence-corrected chi connectivity index (χ1v) is 9.17. The van der Waals surface area contributed by atoms with E-state index < -0.39 is 6.04 Å². The smallest absolute Gasteiger partial charge is 0.242 e. The number of likely N-dealkylation sites (N-methyl/N-ethyl adjacent to an activating group) is 1. The fourth-order valence-electron chi connectivity index (χ4n) is 2.73. The fourth-order valence-corrected chi connectivity index (χ4v) is 3.26. The molecule has 2 aromatic rings. The van der Waals surface area contributed by atoms with Gasteiger partial charge in [0.25, 0.3) is 0 Å². The lowest BCUT2D eigenvalue weighted by Gasteiger charge is -2.28. The number of nitrogens with one attached hydrogen (secondary N) is 1. The van der Waals surface area contributed by atoms with E-state index in [1.807, 2.05) is 30.3 Å². The quantitative estimate of drug-likeness (QED) is 0.779. The molecule has 0 aromatic heterocycles. The summed E-state index contributed by atoms with van der Waals surface area (Å²) in [5.41, 5.74) is 1.68. The summed E-state index contributed by atoms with van der Waals surface area (Å²) < 4.78 is 0. The predicted octanol–water partition coefficient (Wildman–Crippen LogP) is 3.74. The Labute approximate surface area is 164 Å². The first kappa shape index (κ1) is 20.3. The molecule has 0 bridgehead atoms. The average Bonchev–Trinajstić information content (AvgIpc) is 2.65. The predicted molar refractivity (Wildman–Crippen MR) is 106 cm³/mol. The Bertz CT molecular complexity index is 745. The average molecular weight is 393 g/mol. The molecule has 0 fully saturated rings. The SMILES string of the molecule is CNC(=O)C(C)N(CCc1ccccc1)C(=O)Cc1c(Cl)cccc1Cl. The number of halogens is 2. The third-order valence-corrected chi connectivity index (χ3v) is 5.00. The zero-order chi connectivity index (χ0) is 19.1. The van der Waals surface area contributed by atoms with Crippen molar-refractivity contribution in [1.82, 2.24) is 10.2 Å². The Morgan fingerprint density at radius 3 is 2.23 bits per heavy atom. The van der Waals surface area contributed by atoms with Gasteiger partial charge in [0.2, 0.25) is 11.8 Å². The monoisotopic (exact) mass is 392 g/mol. The molecule has 2 amide bonds. The van der Waals surface area contributed by atoms with Crippen molar-refractivity contribution in [3.63, 3.8) is 0 Å². The van der Waals surface area contributed by atoms with Gasteiger partial charge in [-0.15, -0.1) is 0 Å². The molecule has 6 heteroatoms. The summed E-state index contributed by atoms with van der Waals surface area (Å²) in [6.45, 7) is 2.15. The topological polar surface area (TPSA) is 49.4 Å². The van der Waals surface area contributed by atoms with Crippen molar-refractivity contribution in [3.8, 4) is 0 Å². The van der Waals surface area contributed by atoms with Gasteiger partial charge < -0.3 is 10.2 Å². The molecule has 2 rings (SSSR count). The van der Waals surface area contributed by atoms with Crippen molar-refractivity contribution in [3.05, 3.63) is 69.7 Å². The molecule has 0 heterocycles. The largest absolute Gasteiger partial charge is 0.357 e. The van der Waals surface area contributed by atoms with E-state index in [2.05, 4.69) is 5.32 Å². The summed E-state index contributed by atoms with van der Waals surface area (Å²) in [5, 5.41) is 3.49. The van der Waals surface area contributed by atoms with Crippen molar-refractivity contribution >= 4 is 35.0 Å². The van der Waals surface area contributed by atoms with Crippen LogP contribution in [0.5, 0.6) is 0 Å². The van der Waals surface area contributed by atoms with Crippen LogP contribution in [0.25, 0.3) is 0 Å². The third-order valence-electron chi connectivity index (χ3n) is 4.29. The Morgan fingerprint density at radius 2 is 1.65 bits per heavy atom. The molecule has 1 N–H and O–H groups in total. The van der Waals surface area contributed by atoms with Gasteiger partial charge in [-0.2, -0.15) is 0 Å². The number of carbonyl (C=O) groups excluding carboxylic acids is 2. The van der Waals surface area contributed by atoms with Crippen molar-refractivity contribution in [1.29, 1.82) is 0 Å². The molecular formula is C20H22Cl2N2O2. The highest BCUT2D eigenvalue weighted by molar-refractivity contribution is 6.36. The van der Waals surface area contributed by atoms with Gasteiger partial charge in [0, 0.05) is 23.6 Å². The van der Waals surface area contributed by atoms with Gasteiger partial charge in [-0.3, -0.25) is 9.59 Å². The summed E-state index contributed by atoms with van der Waals surface area (Å²) >= 11 is 12.4. The van der Waals surface area contributed by atoms with Crippen LogP contribution in [0.1, 0.15) is 18.1 Å². The molecule has 0 aliphatic heterocycles. The minimum atomic E-state index is -0.586. The molecule has 0 saturated carbocycles. The first-order valence-electron chi connectivity index (χ1n) is 8.42. The van der Waals surface area contributed by atoms with Gasteiger partial charge in [0.1, 0.15) is 6.04 Å². The number of benzene rings is 2. The number of rotatable bonds is 7. The lowest BCUT2D eigenvalue weighted by Crippen LogP contribution is -2.48. The number of hydrogen-bond donors (Lipinski definition) is 1. The van der Waals surface area contributed by atoms with Crippen LogP contribution in [0.15, 0.2) is 48.5 Å². The summed E-state index contributed by atoms with van der Waals surface area (Å²) in [6.07, 6.45) is 0.707. The van der Waals surface area contributed by atoms with E-state index in [1.165, 1.54) is 0 Å². The van der Waals surface area contributed by atoms with Crippen molar-refractivity contribution in [2.24, 2.45) is 0 Å². The number of nitrogens with zero attached hydrogens (tertiary/aromatic N) is 1. The zero-order valence-electron chi connectivity index (χ0n) is 14.8. The standard InChI is InChI=1S/C20H22Cl2N2O2/c1-14(20(26)23-2)24(12-11-15-7-4-3-5-8-15)19(25)13-16-17(21)9-6-10-18(16)22/h3-10,14H,11-13H2,1-2H3,(H,23,26). The third kappa shape index (κ3) is 5.23.